The fourth-order valence-corrected chi connectivity index (χ4v) is 3.53. The summed E-state index contributed by atoms with van der Waals surface area (Å²) in [5.41, 5.74) is 2.84. The molecular formula is C17H19O3P. The van der Waals surface area contributed by atoms with Crippen molar-refractivity contribution in [2.75, 3.05) is 14.2 Å². The summed E-state index contributed by atoms with van der Waals surface area (Å²) < 4.78 is 10.7. The summed E-state index contributed by atoms with van der Waals surface area (Å²) in [5, 5.41) is 0.845. The second-order valence-corrected chi connectivity index (χ2v) is 6.21. The lowest BCUT2D eigenvalue weighted by molar-refractivity contribution is -0.149. The molecule has 0 radical (unpaired) electrons. The molecule has 0 bridgehead atoms. The van der Waals surface area contributed by atoms with Crippen molar-refractivity contribution in [1.82, 2.24) is 0 Å². The summed E-state index contributed by atoms with van der Waals surface area (Å²) in [6, 6.07) is 11.5. The third-order valence-electron chi connectivity index (χ3n) is 3.31. The average molecular weight is 302 g/mol. The van der Waals surface area contributed by atoms with Crippen molar-refractivity contribution in [2.45, 2.75) is 13.8 Å². The fraction of sp³-hybridized carbons (Fsp3) is 0.235. The predicted octanol–water partition coefficient (Wildman–Crippen LogP) is 2.55. The lowest BCUT2D eigenvalue weighted by Gasteiger charge is -2.10. The normalized spacial score (nSPS) is 11.4. The van der Waals surface area contributed by atoms with Crippen LogP contribution in [0.1, 0.15) is 16.7 Å². The zero-order valence-electron chi connectivity index (χ0n) is 12.7. The van der Waals surface area contributed by atoms with Crippen molar-refractivity contribution in [3.05, 3.63) is 53.1 Å². The van der Waals surface area contributed by atoms with Gasteiger partial charge in [-0.15, -0.1) is 0 Å². The molecule has 1 atom stereocenters. The van der Waals surface area contributed by atoms with E-state index in [0.29, 0.717) is 11.5 Å². The minimum atomic E-state index is -1.67. The highest BCUT2D eigenvalue weighted by molar-refractivity contribution is 7.58. The van der Waals surface area contributed by atoms with E-state index < -0.39 is 7.77 Å². The molecule has 2 aromatic carbocycles. The number of methoxy groups -OCH3 is 2. The molecule has 0 saturated carbocycles. The molecule has 0 aliphatic carbocycles. The van der Waals surface area contributed by atoms with Gasteiger partial charge in [0.15, 0.2) is 0 Å². The van der Waals surface area contributed by atoms with Gasteiger partial charge in [-0.2, -0.15) is 0 Å². The van der Waals surface area contributed by atoms with E-state index in [1.54, 1.807) is 20.0 Å². The van der Waals surface area contributed by atoms with Crippen molar-refractivity contribution in [1.29, 1.82) is 0 Å². The van der Waals surface area contributed by atoms with Gasteiger partial charge in [-0.25, -0.2) is 0 Å². The standard InChI is InChI=1S/C17H19O3P/c1-12-8-9-13(2)17(10-12)21(18)11-14-15(19-3)6-5-7-16(14)20-4/h5-11H,1-4H3. The van der Waals surface area contributed by atoms with Crippen molar-refractivity contribution < 1.29 is 14.4 Å². The van der Waals surface area contributed by atoms with Gasteiger partial charge in [0.2, 0.25) is 0 Å². The van der Waals surface area contributed by atoms with Crippen molar-refractivity contribution in [3.63, 3.8) is 0 Å². The zero-order valence-corrected chi connectivity index (χ0v) is 13.6. The maximum absolute atomic E-state index is 12.7. The Morgan fingerprint density at radius 2 is 1.62 bits per heavy atom. The Hall–Kier alpha value is -1.83. The maximum Gasteiger partial charge on any atom is 0.148 e. The van der Waals surface area contributed by atoms with Crippen LogP contribution in [0.4, 0.5) is 0 Å². The van der Waals surface area contributed by atoms with E-state index >= 15 is 0 Å². The highest BCUT2D eigenvalue weighted by Crippen LogP contribution is 2.29. The molecule has 1 unspecified atom stereocenters. The second-order valence-electron chi connectivity index (χ2n) is 4.82. The number of ether oxygens (including phenoxy) is 2. The van der Waals surface area contributed by atoms with Gasteiger partial charge in [0.1, 0.15) is 28.2 Å². The highest BCUT2D eigenvalue weighted by Gasteiger charge is 2.14. The SMILES string of the molecule is COc1cccc(OC)c1C=[P+]([O-])c1cc(C)ccc1C. The van der Waals surface area contributed by atoms with Crippen LogP contribution in [-0.2, 0) is 0 Å². The van der Waals surface area contributed by atoms with Gasteiger partial charge in [-0.1, -0.05) is 18.2 Å². The van der Waals surface area contributed by atoms with Crippen LogP contribution in [0.2, 0.25) is 0 Å². The first-order valence-corrected chi connectivity index (χ1v) is 7.99. The Balaban J connectivity index is 2.55. The Labute approximate surface area is 126 Å². The van der Waals surface area contributed by atoms with E-state index in [1.165, 1.54) is 0 Å². The number of rotatable bonds is 4. The molecule has 0 spiro atoms. The lowest BCUT2D eigenvalue weighted by Crippen LogP contribution is -2.11. The van der Waals surface area contributed by atoms with Crippen LogP contribution < -0.4 is 19.7 Å². The Morgan fingerprint density at radius 3 is 2.19 bits per heavy atom. The molecule has 0 fully saturated rings. The van der Waals surface area contributed by atoms with Crippen molar-refractivity contribution in [3.8, 4) is 11.5 Å². The number of aryl methyl sites for hydroxylation is 2. The molecule has 0 heterocycles. The molecule has 2 rings (SSSR count). The molecule has 0 N–H and O–H groups in total. The van der Waals surface area contributed by atoms with Gasteiger partial charge in [0.25, 0.3) is 0 Å². The summed E-state index contributed by atoms with van der Waals surface area (Å²) in [4.78, 5) is 12.7. The monoisotopic (exact) mass is 302 g/mol. The predicted molar refractivity (Wildman–Crippen MR) is 87.2 cm³/mol. The average Bonchev–Trinajstić information content (AvgIpc) is 2.49. The zero-order chi connectivity index (χ0) is 15.4. The van der Waals surface area contributed by atoms with E-state index in [9.17, 15) is 4.89 Å². The summed E-state index contributed by atoms with van der Waals surface area (Å²) in [7, 11) is 1.52. The molecule has 0 amide bonds. The smallest absolute Gasteiger partial charge is 0.148 e. The third-order valence-corrected chi connectivity index (χ3v) is 4.76. The van der Waals surface area contributed by atoms with Crippen LogP contribution in [0.5, 0.6) is 11.5 Å². The molecule has 2 aromatic rings. The van der Waals surface area contributed by atoms with Crippen molar-refractivity contribution in [2.24, 2.45) is 0 Å². The Bertz CT molecular complexity index is 655. The third kappa shape index (κ3) is 3.44. The van der Waals surface area contributed by atoms with Crippen LogP contribution in [0.3, 0.4) is 0 Å². The van der Waals surface area contributed by atoms with Gasteiger partial charge < -0.3 is 14.4 Å². The molecule has 4 heteroatoms. The topological polar surface area (TPSA) is 41.5 Å². The summed E-state index contributed by atoms with van der Waals surface area (Å²) in [6.45, 7) is 3.96. The first-order valence-electron chi connectivity index (χ1n) is 6.66. The van der Waals surface area contributed by atoms with Gasteiger partial charge in [-0.05, 0) is 43.2 Å². The molecule has 110 valence electrons. The lowest BCUT2D eigenvalue weighted by atomic mass is 10.2. The van der Waals surface area contributed by atoms with Crippen LogP contribution in [-0.4, -0.2) is 20.0 Å². The highest BCUT2D eigenvalue weighted by atomic mass is 31.1. The Morgan fingerprint density at radius 1 is 1.00 bits per heavy atom. The summed E-state index contributed by atoms with van der Waals surface area (Å²) in [5.74, 6) is 3.03. The molecule has 0 saturated heterocycles. The molecule has 0 aliphatic heterocycles. The van der Waals surface area contributed by atoms with E-state index in [-0.39, 0.29) is 0 Å². The Kier molecular flexibility index (Phi) is 5.00. The van der Waals surface area contributed by atoms with Crippen LogP contribution in [0, 0.1) is 13.8 Å². The first kappa shape index (κ1) is 15.6. The first-order chi connectivity index (χ1) is 10.1. The number of benzene rings is 2. The van der Waals surface area contributed by atoms with Gasteiger partial charge in [-0.3, -0.25) is 0 Å². The van der Waals surface area contributed by atoms with Crippen LogP contribution in [0.25, 0.3) is 0 Å². The summed E-state index contributed by atoms with van der Waals surface area (Å²) in [6.07, 6.45) is 0. The van der Waals surface area contributed by atoms with E-state index in [1.807, 2.05) is 50.2 Å². The van der Waals surface area contributed by atoms with Crippen molar-refractivity contribution >= 4 is 18.9 Å². The molecule has 0 aliphatic rings. The maximum atomic E-state index is 12.7. The number of hydrogen-bond donors (Lipinski definition) is 0. The van der Waals surface area contributed by atoms with E-state index in [2.05, 4.69) is 0 Å². The molecule has 3 nitrogen and oxygen atoms in total. The fourth-order valence-electron chi connectivity index (χ4n) is 2.15. The number of hydrogen-bond acceptors (Lipinski definition) is 3. The summed E-state index contributed by atoms with van der Waals surface area (Å²) >= 11 is 0. The minimum Gasteiger partial charge on any atom is -0.626 e. The van der Waals surface area contributed by atoms with Gasteiger partial charge >= 0.3 is 0 Å². The second kappa shape index (κ2) is 6.75. The molecule has 21 heavy (non-hydrogen) atoms. The van der Waals surface area contributed by atoms with E-state index in [4.69, 9.17) is 9.47 Å². The minimum absolute atomic E-state index is 0.656. The quantitative estimate of drug-likeness (QED) is 0.815. The largest absolute Gasteiger partial charge is 0.626 e. The van der Waals surface area contributed by atoms with Crippen LogP contribution in [0.15, 0.2) is 36.4 Å². The molecule has 0 aromatic heterocycles. The molecular weight excluding hydrogens is 283 g/mol. The van der Waals surface area contributed by atoms with Crippen LogP contribution >= 0.6 is 7.77 Å². The van der Waals surface area contributed by atoms with Gasteiger partial charge in [0, 0.05) is 0 Å². The van der Waals surface area contributed by atoms with Gasteiger partial charge in [0.05, 0.1) is 22.0 Å². The van der Waals surface area contributed by atoms with E-state index in [0.717, 1.165) is 22.0 Å².